The molecule has 2 aromatic heterocycles. The fourth-order valence-corrected chi connectivity index (χ4v) is 4.14. The number of carbonyl (C=O) groups excluding carboxylic acids is 1. The van der Waals surface area contributed by atoms with Crippen LogP contribution in [0.15, 0.2) is 48.8 Å². The molecule has 4 rings (SSSR count). The first kappa shape index (κ1) is 23.5. The van der Waals surface area contributed by atoms with E-state index in [0.717, 1.165) is 5.92 Å². The number of nitrogens with zero attached hydrogens (tertiary/aromatic N) is 2. The Morgan fingerprint density at radius 2 is 1.88 bits per heavy atom. The molecule has 32 heavy (non-hydrogen) atoms. The SMILES string of the molecule is CCc1ccc(F)c(-c2cccc(C=O)n2)c1F.CNc1cnccc1C1CCCCC1. The predicted molar refractivity (Wildman–Crippen MR) is 124 cm³/mol. The molecule has 1 aliphatic rings. The molecule has 0 saturated heterocycles. The number of pyridine rings is 2. The molecule has 1 aromatic carbocycles. The first-order valence-electron chi connectivity index (χ1n) is 11.1. The lowest BCUT2D eigenvalue weighted by molar-refractivity contribution is 0.111. The second kappa shape index (κ2) is 11.5. The Hall–Kier alpha value is -3.15. The first-order valence-corrected chi connectivity index (χ1v) is 11.1. The van der Waals surface area contributed by atoms with Gasteiger partial charge in [0.05, 0.1) is 23.1 Å². The monoisotopic (exact) mass is 437 g/mol. The predicted octanol–water partition coefficient (Wildman–Crippen LogP) is 6.57. The highest BCUT2D eigenvalue weighted by Crippen LogP contribution is 2.35. The van der Waals surface area contributed by atoms with Crippen molar-refractivity contribution >= 4 is 12.0 Å². The van der Waals surface area contributed by atoms with E-state index in [1.54, 1.807) is 13.0 Å². The van der Waals surface area contributed by atoms with E-state index in [0.29, 0.717) is 18.3 Å². The second-order valence-electron chi connectivity index (χ2n) is 7.86. The first-order chi connectivity index (χ1) is 15.6. The third kappa shape index (κ3) is 5.55. The molecule has 3 aromatic rings. The number of halogens is 2. The van der Waals surface area contributed by atoms with E-state index in [1.807, 2.05) is 19.4 Å². The molecule has 0 amide bonds. The number of benzene rings is 1. The van der Waals surface area contributed by atoms with Gasteiger partial charge in [-0.1, -0.05) is 38.3 Å². The number of carbonyl (C=O) groups is 1. The van der Waals surface area contributed by atoms with Crippen LogP contribution in [-0.4, -0.2) is 23.3 Å². The van der Waals surface area contributed by atoms with Gasteiger partial charge in [0.15, 0.2) is 6.29 Å². The van der Waals surface area contributed by atoms with Gasteiger partial charge in [-0.3, -0.25) is 9.78 Å². The van der Waals surface area contributed by atoms with Crippen molar-refractivity contribution in [1.29, 1.82) is 0 Å². The van der Waals surface area contributed by atoms with Gasteiger partial charge in [-0.2, -0.15) is 0 Å². The van der Waals surface area contributed by atoms with Gasteiger partial charge in [0.1, 0.15) is 17.3 Å². The molecule has 4 nitrogen and oxygen atoms in total. The zero-order valence-corrected chi connectivity index (χ0v) is 18.6. The lowest BCUT2D eigenvalue weighted by Crippen LogP contribution is -2.07. The zero-order chi connectivity index (χ0) is 22.9. The minimum Gasteiger partial charge on any atom is -0.387 e. The van der Waals surface area contributed by atoms with Crippen molar-refractivity contribution in [2.45, 2.75) is 51.4 Å². The maximum Gasteiger partial charge on any atom is 0.168 e. The van der Waals surface area contributed by atoms with Crippen molar-refractivity contribution < 1.29 is 13.6 Å². The largest absolute Gasteiger partial charge is 0.387 e. The van der Waals surface area contributed by atoms with Crippen molar-refractivity contribution in [1.82, 2.24) is 9.97 Å². The van der Waals surface area contributed by atoms with Gasteiger partial charge in [-0.05, 0) is 60.6 Å². The van der Waals surface area contributed by atoms with Crippen molar-refractivity contribution in [2.75, 3.05) is 12.4 Å². The Morgan fingerprint density at radius 1 is 1.09 bits per heavy atom. The van der Waals surface area contributed by atoms with Crippen molar-refractivity contribution in [2.24, 2.45) is 0 Å². The van der Waals surface area contributed by atoms with E-state index in [1.165, 1.54) is 67.6 Å². The van der Waals surface area contributed by atoms with Gasteiger partial charge < -0.3 is 5.32 Å². The summed E-state index contributed by atoms with van der Waals surface area (Å²) >= 11 is 0. The Kier molecular flexibility index (Phi) is 8.42. The van der Waals surface area contributed by atoms with Crippen LogP contribution in [0.4, 0.5) is 14.5 Å². The highest BCUT2D eigenvalue weighted by Gasteiger charge is 2.18. The quantitative estimate of drug-likeness (QED) is 0.459. The van der Waals surface area contributed by atoms with E-state index in [4.69, 9.17) is 0 Å². The van der Waals surface area contributed by atoms with Crippen molar-refractivity contribution in [3.05, 3.63) is 77.2 Å². The smallest absolute Gasteiger partial charge is 0.168 e. The maximum atomic E-state index is 14.1. The molecular formula is C26H29F2N3O. The summed E-state index contributed by atoms with van der Waals surface area (Å²) in [6.45, 7) is 1.79. The summed E-state index contributed by atoms with van der Waals surface area (Å²) in [6, 6.07) is 9.31. The average Bonchev–Trinajstić information content (AvgIpc) is 2.85. The topological polar surface area (TPSA) is 54.9 Å². The van der Waals surface area contributed by atoms with Crippen LogP contribution >= 0.6 is 0 Å². The summed E-state index contributed by atoms with van der Waals surface area (Å²) in [7, 11) is 1.98. The van der Waals surface area contributed by atoms with Crippen LogP contribution in [0.5, 0.6) is 0 Å². The van der Waals surface area contributed by atoms with Crippen LogP contribution < -0.4 is 5.32 Å². The third-order valence-corrected chi connectivity index (χ3v) is 5.87. The molecule has 1 fully saturated rings. The van der Waals surface area contributed by atoms with Gasteiger partial charge in [-0.15, -0.1) is 0 Å². The zero-order valence-electron chi connectivity index (χ0n) is 18.6. The molecular weight excluding hydrogens is 408 g/mol. The fraction of sp³-hybridized carbons (Fsp3) is 0.346. The lowest BCUT2D eigenvalue weighted by atomic mass is 9.84. The van der Waals surface area contributed by atoms with Crippen molar-refractivity contribution in [3.63, 3.8) is 0 Å². The second-order valence-corrected chi connectivity index (χ2v) is 7.86. The number of aromatic nitrogens is 2. The molecule has 2 heterocycles. The minimum absolute atomic E-state index is 0.130. The van der Waals surface area contributed by atoms with Gasteiger partial charge in [-0.25, -0.2) is 13.8 Å². The maximum absolute atomic E-state index is 14.1. The number of rotatable bonds is 5. The van der Waals surface area contributed by atoms with Crippen LogP contribution in [0, 0.1) is 11.6 Å². The lowest BCUT2D eigenvalue weighted by Gasteiger charge is -2.23. The number of hydrogen-bond acceptors (Lipinski definition) is 4. The Bertz CT molecular complexity index is 1050. The molecule has 0 bridgehead atoms. The van der Waals surface area contributed by atoms with Crippen LogP contribution in [0.2, 0.25) is 0 Å². The molecule has 0 radical (unpaired) electrons. The van der Waals surface area contributed by atoms with Crippen molar-refractivity contribution in [3.8, 4) is 11.3 Å². The summed E-state index contributed by atoms with van der Waals surface area (Å²) in [5, 5.41) is 3.23. The highest BCUT2D eigenvalue weighted by molar-refractivity contribution is 5.74. The molecule has 0 atom stereocenters. The van der Waals surface area contributed by atoms with Crippen LogP contribution in [0.1, 0.15) is 66.6 Å². The number of nitrogens with one attached hydrogen (secondary N) is 1. The summed E-state index contributed by atoms with van der Waals surface area (Å²) in [5.74, 6) is -0.539. The van der Waals surface area contributed by atoms with Gasteiger partial charge in [0.25, 0.3) is 0 Å². The Morgan fingerprint density at radius 3 is 2.56 bits per heavy atom. The third-order valence-electron chi connectivity index (χ3n) is 5.87. The summed E-state index contributed by atoms with van der Waals surface area (Å²) in [4.78, 5) is 18.7. The summed E-state index contributed by atoms with van der Waals surface area (Å²) in [6.07, 6.45) is 11.7. The Balaban J connectivity index is 0.000000186. The average molecular weight is 438 g/mol. The van der Waals surface area contributed by atoms with E-state index in [2.05, 4.69) is 21.4 Å². The van der Waals surface area contributed by atoms with Gasteiger partial charge >= 0.3 is 0 Å². The van der Waals surface area contributed by atoms with Crippen LogP contribution in [0.25, 0.3) is 11.3 Å². The molecule has 0 aliphatic heterocycles. The summed E-state index contributed by atoms with van der Waals surface area (Å²) in [5.41, 5.74) is 3.18. The van der Waals surface area contributed by atoms with Gasteiger partial charge in [0, 0.05) is 13.2 Å². The highest BCUT2D eigenvalue weighted by atomic mass is 19.1. The molecule has 0 spiro atoms. The number of anilines is 1. The standard InChI is InChI=1S/C14H11F2NO.C12H18N2/c1-2-9-6-7-11(15)13(14(9)16)12-5-3-4-10(8-18)17-12;1-13-12-9-14-8-7-11(12)10-5-3-2-4-6-10/h3-8H,2H2,1H3;7-10,13H,2-6H2,1H3. The molecule has 0 unspecified atom stereocenters. The summed E-state index contributed by atoms with van der Waals surface area (Å²) < 4.78 is 27.8. The number of hydrogen-bond donors (Lipinski definition) is 1. The molecule has 1 N–H and O–H groups in total. The van der Waals surface area contributed by atoms with Gasteiger partial charge in [0.2, 0.25) is 0 Å². The Labute approximate surface area is 188 Å². The number of aldehydes is 1. The van der Waals surface area contributed by atoms with Crippen LogP contribution in [0.3, 0.4) is 0 Å². The normalized spacial score (nSPS) is 13.8. The fourth-order valence-electron chi connectivity index (χ4n) is 4.14. The van der Waals surface area contributed by atoms with E-state index < -0.39 is 11.6 Å². The molecule has 6 heteroatoms. The van der Waals surface area contributed by atoms with E-state index >= 15 is 0 Å². The van der Waals surface area contributed by atoms with E-state index in [9.17, 15) is 13.6 Å². The molecule has 1 aliphatic carbocycles. The minimum atomic E-state index is -0.680. The van der Waals surface area contributed by atoms with E-state index in [-0.39, 0.29) is 17.0 Å². The van der Waals surface area contributed by atoms with Crippen LogP contribution in [-0.2, 0) is 6.42 Å². The molecule has 168 valence electrons. The molecule has 1 saturated carbocycles. The number of aryl methyl sites for hydroxylation is 1.